The summed E-state index contributed by atoms with van der Waals surface area (Å²) in [5.41, 5.74) is 3.00. The highest BCUT2D eigenvalue weighted by atomic mass is 32.2. The van der Waals surface area contributed by atoms with E-state index in [-0.39, 0.29) is 16.6 Å². The summed E-state index contributed by atoms with van der Waals surface area (Å²) in [5, 5.41) is 9.68. The van der Waals surface area contributed by atoms with E-state index < -0.39 is 10.0 Å². The van der Waals surface area contributed by atoms with Crippen molar-refractivity contribution in [2.75, 3.05) is 30.3 Å². The smallest absolute Gasteiger partial charge is 0.243 e. The molecule has 5 rings (SSSR count). The molecule has 3 N–H and O–H groups in total. The van der Waals surface area contributed by atoms with Crippen LogP contribution in [-0.4, -0.2) is 47.3 Å². The van der Waals surface area contributed by atoms with Gasteiger partial charge < -0.3 is 16.0 Å². The lowest BCUT2D eigenvalue weighted by Gasteiger charge is -2.32. The van der Waals surface area contributed by atoms with Gasteiger partial charge in [0.2, 0.25) is 16.0 Å². The molecule has 11 heteroatoms. The van der Waals surface area contributed by atoms with Gasteiger partial charge in [-0.1, -0.05) is 6.07 Å². The molecule has 2 aromatic heterocycles. The van der Waals surface area contributed by atoms with Crippen LogP contribution in [-0.2, 0) is 16.6 Å². The summed E-state index contributed by atoms with van der Waals surface area (Å²) in [6.45, 7) is 4.16. The fourth-order valence-electron chi connectivity index (χ4n) is 4.68. The highest BCUT2D eigenvalue weighted by molar-refractivity contribution is 7.89. The molecule has 1 fully saturated rings. The fraction of sp³-hybridized carbons (Fsp3) is 0.276. The molecule has 1 aliphatic rings. The average Bonchev–Trinajstić information content (AvgIpc) is 2.96. The number of nitrogens with zero attached hydrogens (tertiary/aromatic N) is 4. The van der Waals surface area contributed by atoms with E-state index in [4.69, 9.17) is 0 Å². The highest BCUT2D eigenvalue weighted by Gasteiger charge is 2.30. The third-order valence-corrected chi connectivity index (χ3v) is 8.68. The Bertz CT molecular complexity index is 1540. The molecule has 208 valence electrons. The molecule has 0 spiro atoms. The molecule has 0 bridgehead atoms. The van der Waals surface area contributed by atoms with Crippen LogP contribution in [0.5, 0.6) is 0 Å². The second-order valence-electron chi connectivity index (χ2n) is 9.87. The Morgan fingerprint density at radius 3 is 2.62 bits per heavy atom. The number of anilines is 4. The number of hydrogen-bond acceptors (Lipinski definition) is 8. The van der Waals surface area contributed by atoms with Gasteiger partial charge in [0.05, 0.1) is 4.90 Å². The maximum atomic E-state index is 13.6. The second-order valence-corrected chi connectivity index (χ2v) is 11.8. The average molecular weight is 562 g/mol. The Labute approximate surface area is 234 Å². The number of benzene rings is 2. The molecular weight excluding hydrogens is 529 g/mol. The van der Waals surface area contributed by atoms with E-state index in [1.165, 1.54) is 6.07 Å². The van der Waals surface area contributed by atoms with Crippen molar-refractivity contribution in [1.29, 1.82) is 0 Å². The van der Waals surface area contributed by atoms with Crippen LogP contribution in [0.1, 0.15) is 24.0 Å². The number of nitrogens with one attached hydrogen (secondary N) is 3. The van der Waals surface area contributed by atoms with Gasteiger partial charge in [0.1, 0.15) is 11.6 Å². The Hall–Kier alpha value is -3.93. The van der Waals surface area contributed by atoms with E-state index in [2.05, 4.69) is 30.9 Å². The van der Waals surface area contributed by atoms with E-state index in [0.717, 1.165) is 24.9 Å². The molecule has 9 nitrogen and oxygen atoms in total. The number of hydrogen-bond donors (Lipinski definition) is 3. The number of pyridine rings is 1. The number of aryl methyl sites for hydroxylation is 1. The quantitative estimate of drug-likeness (QED) is 0.248. The number of sulfonamides is 1. The van der Waals surface area contributed by atoms with Gasteiger partial charge in [-0.3, -0.25) is 4.98 Å². The van der Waals surface area contributed by atoms with E-state index in [1.807, 2.05) is 18.3 Å². The third kappa shape index (κ3) is 6.98. The Morgan fingerprint density at radius 2 is 1.85 bits per heavy atom. The van der Waals surface area contributed by atoms with Crippen LogP contribution in [0.25, 0.3) is 0 Å². The Morgan fingerprint density at radius 1 is 1.02 bits per heavy atom. The molecule has 4 aromatic rings. The lowest BCUT2D eigenvalue weighted by molar-refractivity contribution is 0.260. The van der Waals surface area contributed by atoms with Gasteiger partial charge in [-0.05, 0) is 98.0 Å². The summed E-state index contributed by atoms with van der Waals surface area (Å²) in [6, 6.07) is 17.0. The minimum absolute atomic E-state index is 0.248. The van der Waals surface area contributed by atoms with Gasteiger partial charge in [-0.15, -0.1) is 0 Å². The number of halogens is 1. The van der Waals surface area contributed by atoms with Crippen molar-refractivity contribution in [2.45, 2.75) is 31.2 Å². The predicted molar refractivity (Wildman–Crippen MR) is 154 cm³/mol. The largest absolute Gasteiger partial charge is 0.340 e. The van der Waals surface area contributed by atoms with Crippen molar-refractivity contribution in [3.8, 4) is 0 Å². The predicted octanol–water partition coefficient (Wildman–Crippen LogP) is 5.00. The van der Waals surface area contributed by atoms with Crippen molar-refractivity contribution in [3.63, 3.8) is 0 Å². The zero-order valence-electron chi connectivity index (χ0n) is 22.2. The van der Waals surface area contributed by atoms with Crippen LogP contribution in [0, 0.1) is 18.7 Å². The van der Waals surface area contributed by atoms with Crippen LogP contribution < -0.4 is 16.0 Å². The summed E-state index contributed by atoms with van der Waals surface area (Å²) < 4.78 is 41.9. The molecular formula is C29H32FN7O2S. The fourth-order valence-corrected chi connectivity index (χ4v) is 6.24. The summed E-state index contributed by atoms with van der Waals surface area (Å²) >= 11 is 0. The highest BCUT2D eigenvalue weighted by Crippen LogP contribution is 2.26. The molecule has 0 amide bonds. The van der Waals surface area contributed by atoms with Gasteiger partial charge in [0, 0.05) is 49.6 Å². The number of piperidine rings is 1. The second kappa shape index (κ2) is 12.5. The van der Waals surface area contributed by atoms with Crippen LogP contribution in [0.3, 0.4) is 0 Å². The van der Waals surface area contributed by atoms with Gasteiger partial charge in [0.25, 0.3) is 0 Å². The van der Waals surface area contributed by atoms with Crippen molar-refractivity contribution in [1.82, 2.24) is 24.6 Å². The minimum Gasteiger partial charge on any atom is -0.340 e. The van der Waals surface area contributed by atoms with Crippen LogP contribution in [0.2, 0.25) is 0 Å². The molecule has 0 aliphatic carbocycles. The summed E-state index contributed by atoms with van der Waals surface area (Å²) in [5.74, 6) is 0.863. The SMILES string of the molecule is Cc1cc(Nc2ccnc(Nc3ccc(S(=O)(=O)N4CCCC(CNCc5cccnc5)C4)cc3)n2)ccc1F. The standard InChI is InChI=1S/C29H32FN7O2S/c1-21-16-25(8-11-27(21)30)34-28-12-14-33-29(36-28)35-24-6-9-26(10-7-24)40(38,39)37-15-3-5-23(20-37)19-32-18-22-4-2-13-31-17-22/h2,4,6-14,16-17,23,32H,3,5,15,18-20H2,1H3,(H2,33,34,35,36). The summed E-state index contributed by atoms with van der Waals surface area (Å²) in [6.07, 6.45) is 7.00. The van der Waals surface area contributed by atoms with Crippen LogP contribution in [0.15, 0.2) is 84.1 Å². The number of aromatic nitrogens is 3. The molecule has 0 saturated carbocycles. The molecule has 1 unspecified atom stereocenters. The maximum absolute atomic E-state index is 13.6. The first kappa shape index (κ1) is 27.6. The third-order valence-electron chi connectivity index (χ3n) is 6.80. The zero-order valence-corrected chi connectivity index (χ0v) is 23.0. The zero-order chi connectivity index (χ0) is 28.0. The molecule has 1 atom stereocenters. The van der Waals surface area contributed by atoms with Gasteiger partial charge >= 0.3 is 0 Å². The first-order valence-corrected chi connectivity index (χ1v) is 14.6. The van der Waals surface area contributed by atoms with E-state index in [0.29, 0.717) is 48.3 Å². The topological polar surface area (TPSA) is 112 Å². The monoisotopic (exact) mass is 561 g/mol. The number of rotatable bonds is 10. The molecule has 3 heterocycles. The lowest BCUT2D eigenvalue weighted by Crippen LogP contribution is -2.42. The normalized spacial score (nSPS) is 16.0. The molecule has 2 aromatic carbocycles. The summed E-state index contributed by atoms with van der Waals surface area (Å²) in [4.78, 5) is 13.1. The Kier molecular flexibility index (Phi) is 8.63. The van der Waals surface area contributed by atoms with E-state index in [9.17, 15) is 12.8 Å². The minimum atomic E-state index is -3.61. The first-order valence-electron chi connectivity index (χ1n) is 13.2. The van der Waals surface area contributed by atoms with Crippen LogP contribution >= 0.6 is 0 Å². The van der Waals surface area contributed by atoms with Crippen molar-refractivity contribution >= 4 is 33.2 Å². The van der Waals surface area contributed by atoms with E-state index >= 15 is 0 Å². The molecule has 1 saturated heterocycles. The molecule has 40 heavy (non-hydrogen) atoms. The van der Waals surface area contributed by atoms with Gasteiger partial charge in [0.15, 0.2) is 0 Å². The van der Waals surface area contributed by atoms with Gasteiger partial charge in [-0.2, -0.15) is 9.29 Å². The Balaban J connectivity index is 1.18. The summed E-state index contributed by atoms with van der Waals surface area (Å²) in [7, 11) is -3.61. The maximum Gasteiger partial charge on any atom is 0.243 e. The van der Waals surface area contributed by atoms with E-state index in [1.54, 1.807) is 66.1 Å². The van der Waals surface area contributed by atoms with Crippen molar-refractivity contribution in [2.24, 2.45) is 5.92 Å². The molecule has 1 aliphatic heterocycles. The van der Waals surface area contributed by atoms with Gasteiger partial charge in [-0.25, -0.2) is 17.8 Å². The first-order chi connectivity index (χ1) is 19.4. The van der Waals surface area contributed by atoms with Crippen molar-refractivity contribution < 1.29 is 12.8 Å². The molecule has 0 radical (unpaired) electrons. The lowest BCUT2D eigenvalue weighted by atomic mass is 10.00. The van der Waals surface area contributed by atoms with Crippen molar-refractivity contribution in [3.05, 3.63) is 96.2 Å². The van der Waals surface area contributed by atoms with Crippen LogP contribution in [0.4, 0.5) is 27.5 Å².